The molecular weight excluding hydrogens is 354 g/mol. The summed E-state index contributed by atoms with van der Waals surface area (Å²) in [7, 11) is 0. The number of nitrogens with two attached hydrogens (primary N) is 1. The molecule has 1 aliphatic rings. The fraction of sp³-hybridized carbons (Fsp3) is 0.579. The van der Waals surface area contributed by atoms with Crippen LogP contribution in [0.15, 0.2) is 24.3 Å². The molecule has 2 rings (SSSR count). The number of carbonyl (C=O) groups excluding carboxylic acids is 2. The molecule has 1 fully saturated rings. The Bertz CT molecular complexity index is 583. The second-order valence-electron chi connectivity index (χ2n) is 6.48. The molecule has 1 saturated heterocycles. The number of rotatable bonds is 8. The molecule has 2 amide bonds. The summed E-state index contributed by atoms with van der Waals surface area (Å²) in [6.45, 7) is 4.68. The smallest absolute Gasteiger partial charge is 0.224 e. The number of carbonyl (C=O) groups is 2. The van der Waals surface area contributed by atoms with Crippen LogP contribution in [0, 0.1) is 12.8 Å². The zero-order valence-corrected chi connectivity index (χ0v) is 16.2. The molecule has 0 radical (unpaired) electrons. The second kappa shape index (κ2) is 11.8. The number of likely N-dealkylation sites (tertiary alicyclic amines) is 1. The lowest BCUT2D eigenvalue weighted by Crippen LogP contribution is -2.46. The highest BCUT2D eigenvalue weighted by Gasteiger charge is 2.27. The third-order valence-electron chi connectivity index (χ3n) is 4.47. The quantitative estimate of drug-likeness (QED) is 0.671. The van der Waals surface area contributed by atoms with Crippen molar-refractivity contribution in [1.29, 1.82) is 0 Å². The van der Waals surface area contributed by atoms with Crippen molar-refractivity contribution < 1.29 is 14.3 Å². The summed E-state index contributed by atoms with van der Waals surface area (Å²) in [6.07, 6.45) is 2.82. The zero-order valence-electron chi connectivity index (χ0n) is 15.4. The molecule has 7 heteroatoms. The van der Waals surface area contributed by atoms with E-state index in [4.69, 9.17) is 10.5 Å². The number of nitrogens with one attached hydrogen (secondary N) is 1. The fourth-order valence-electron chi connectivity index (χ4n) is 3.04. The van der Waals surface area contributed by atoms with E-state index in [-0.39, 0.29) is 30.1 Å². The van der Waals surface area contributed by atoms with Crippen molar-refractivity contribution in [2.45, 2.75) is 32.6 Å². The summed E-state index contributed by atoms with van der Waals surface area (Å²) in [5.74, 6) is 0.854. The van der Waals surface area contributed by atoms with Crippen LogP contribution in [0.1, 0.15) is 31.2 Å². The Labute approximate surface area is 161 Å². The first kappa shape index (κ1) is 22.3. The number of benzene rings is 1. The Hall–Kier alpha value is -1.79. The summed E-state index contributed by atoms with van der Waals surface area (Å²) in [4.78, 5) is 26.2. The molecule has 146 valence electrons. The average Bonchev–Trinajstić information content (AvgIpc) is 2.64. The molecule has 1 atom stereocenters. The molecule has 0 aliphatic carbocycles. The van der Waals surface area contributed by atoms with E-state index < -0.39 is 0 Å². The van der Waals surface area contributed by atoms with Gasteiger partial charge in [-0.2, -0.15) is 0 Å². The van der Waals surface area contributed by atoms with Gasteiger partial charge < -0.3 is 20.7 Å². The number of ether oxygens (including phenoxy) is 1. The molecule has 1 aromatic carbocycles. The highest BCUT2D eigenvalue weighted by Crippen LogP contribution is 2.19. The number of nitrogens with zero attached hydrogens (tertiary/aromatic N) is 1. The predicted molar refractivity (Wildman–Crippen MR) is 105 cm³/mol. The van der Waals surface area contributed by atoms with E-state index in [1.807, 2.05) is 36.1 Å². The summed E-state index contributed by atoms with van der Waals surface area (Å²) >= 11 is 0. The molecule has 1 heterocycles. The molecule has 3 N–H and O–H groups in total. The minimum absolute atomic E-state index is 0. The van der Waals surface area contributed by atoms with Gasteiger partial charge in [-0.05, 0) is 37.8 Å². The van der Waals surface area contributed by atoms with Crippen LogP contribution in [0.2, 0.25) is 0 Å². The highest BCUT2D eigenvalue weighted by atomic mass is 35.5. The number of hydrogen-bond donors (Lipinski definition) is 2. The maximum Gasteiger partial charge on any atom is 0.224 e. The van der Waals surface area contributed by atoms with Gasteiger partial charge in [0.15, 0.2) is 0 Å². The van der Waals surface area contributed by atoms with E-state index in [0.29, 0.717) is 39.1 Å². The molecule has 6 nitrogen and oxygen atoms in total. The average molecular weight is 384 g/mol. The SMILES string of the molecule is Cc1ccccc1OCCCC(=O)N1CCCC(C(=O)NCCN)C1.Cl. The Kier molecular flexibility index (Phi) is 10.1. The fourth-order valence-corrected chi connectivity index (χ4v) is 3.04. The van der Waals surface area contributed by atoms with Crippen LogP contribution < -0.4 is 15.8 Å². The largest absolute Gasteiger partial charge is 0.493 e. The standard InChI is InChI=1S/C19H29N3O3.ClH/c1-15-6-2-3-8-17(15)25-13-5-9-18(23)22-12-4-7-16(14-22)19(24)21-11-10-20;/h2-3,6,8,16H,4-5,7,9-14,20H2,1H3,(H,21,24);1H. The number of piperidine rings is 1. The molecule has 0 spiro atoms. The lowest BCUT2D eigenvalue weighted by atomic mass is 9.96. The van der Waals surface area contributed by atoms with Crippen molar-refractivity contribution in [3.63, 3.8) is 0 Å². The minimum atomic E-state index is -0.118. The molecule has 1 aromatic rings. The topological polar surface area (TPSA) is 84.7 Å². The normalized spacial score (nSPS) is 16.5. The Morgan fingerprint density at radius 1 is 1.35 bits per heavy atom. The number of para-hydroxylation sites is 1. The van der Waals surface area contributed by atoms with Crippen LogP contribution in [0.3, 0.4) is 0 Å². The summed E-state index contributed by atoms with van der Waals surface area (Å²) < 4.78 is 5.73. The number of hydrogen-bond acceptors (Lipinski definition) is 4. The van der Waals surface area contributed by atoms with Gasteiger partial charge in [-0.15, -0.1) is 12.4 Å². The first-order valence-corrected chi connectivity index (χ1v) is 9.05. The van der Waals surface area contributed by atoms with E-state index >= 15 is 0 Å². The van der Waals surface area contributed by atoms with E-state index in [1.165, 1.54) is 0 Å². The van der Waals surface area contributed by atoms with Gasteiger partial charge in [0.05, 0.1) is 12.5 Å². The van der Waals surface area contributed by atoms with E-state index in [9.17, 15) is 9.59 Å². The van der Waals surface area contributed by atoms with Gasteiger partial charge in [0.2, 0.25) is 11.8 Å². The van der Waals surface area contributed by atoms with Gasteiger partial charge in [0, 0.05) is 32.6 Å². The molecule has 0 aromatic heterocycles. The Balaban J connectivity index is 0.00000338. The lowest BCUT2D eigenvalue weighted by Gasteiger charge is -2.32. The molecule has 26 heavy (non-hydrogen) atoms. The summed E-state index contributed by atoms with van der Waals surface area (Å²) in [5.41, 5.74) is 6.50. The monoisotopic (exact) mass is 383 g/mol. The van der Waals surface area contributed by atoms with Crippen molar-refractivity contribution in [3.8, 4) is 5.75 Å². The molecular formula is C19H30ClN3O3. The Morgan fingerprint density at radius 3 is 2.85 bits per heavy atom. The number of aryl methyl sites for hydroxylation is 1. The van der Waals surface area contributed by atoms with E-state index in [1.54, 1.807) is 0 Å². The van der Waals surface area contributed by atoms with Gasteiger partial charge in [-0.3, -0.25) is 9.59 Å². The molecule has 1 aliphatic heterocycles. The van der Waals surface area contributed by atoms with Crippen molar-refractivity contribution in [3.05, 3.63) is 29.8 Å². The lowest BCUT2D eigenvalue weighted by molar-refractivity contribution is -0.135. The number of amides is 2. The van der Waals surface area contributed by atoms with Gasteiger partial charge >= 0.3 is 0 Å². The van der Waals surface area contributed by atoms with E-state index in [2.05, 4.69) is 5.32 Å². The third-order valence-corrected chi connectivity index (χ3v) is 4.47. The predicted octanol–water partition coefficient (Wildman–Crippen LogP) is 1.89. The zero-order chi connectivity index (χ0) is 18.1. The molecule has 0 saturated carbocycles. The van der Waals surface area contributed by atoms with Crippen molar-refractivity contribution >= 4 is 24.2 Å². The minimum Gasteiger partial charge on any atom is -0.493 e. The van der Waals surface area contributed by atoms with Crippen LogP contribution in [0.4, 0.5) is 0 Å². The maximum absolute atomic E-state index is 12.4. The summed E-state index contributed by atoms with van der Waals surface area (Å²) in [6, 6.07) is 7.86. The van der Waals surface area contributed by atoms with Crippen LogP contribution in [0.25, 0.3) is 0 Å². The van der Waals surface area contributed by atoms with E-state index in [0.717, 1.165) is 30.7 Å². The van der Waals surface area contributed by atoms with Crippen molar-refractivity contribution in [2.75, 3.05) is 32.8 Å². The first-order chi connectivity index (χ1) is 12.1. The van der Waals surface area contributed by atoms with Crippen LogP contribution >= 0.6 is 12.4 Å². The molecule has 1 unspecified atom stereocenters. The highest BCUT2D eigenvalue weighted by molar-refractivity contribution is 5.85. The van der Waals surface area contributed by atoms with Crippen LogP contribution in [-0.2, 0) is 9.59 Å². The van der Waals surface area contributed by atoms with Crippen molar-refractivity contribution in [2.24, 2.45) is 11.7 Å². The second-order valence-corrected chi connectivity index (χ2v) is 6.48. The number of halogens is 1. The van der Waals surface area contributed by atoms with Gasteiger partial charge in [0.1, 0.15) is 5.75 Å². The Morgan fingerprint density at radius 2 is 2.12 bits per heavy atom. The van der Waals surface area contributed by atoms with Crippen LogP contribution in [-0.4, -0.2) is 49.5 Å². The van der Waals surface area contributed by atoms with Crippen LogP contribution in [0.5, 0.6) is 5.75 Å². The molecule has 0 bridgehead atoms. The van der Waals surface area contributed by atoms with Gasteiger partial charge in [-0.1, -0.05) is 18.2 Å². The van der Waals surface area contributed by atoms with Gasteiger partial charge in [0.25, 0.3) is 0 Å². The summed E-state index contributed by atoms with van der Waals surface area (Å²) in [5, 5.41) is 2.82. The maximum atomic E-state index is 12.4. The van der Waals surface area contributed by atoms with Gasteiger partial charge in [-0.25, -0.2) is 0 Å². The third kappa shape index (κ3) is 6.84. The first-order valence-electron chi connectivity index (χ1n) is 9.05. The van der Waals surface area contributed by atoms with Crippen molar-refractivity contribution in [1.82, 2.24) is 10.2 Å².